The van der Waals surface area contributed by atoms with Crippen LogP contribution >= 0.6 is 0 Å². The summed E-state index contributed by atoms with van der Waals surface area (Å²) in [5, 5.41) is 20.8. The van der Waals surface area contributed by atoms with E-state index in [-0.39, 0.29) is 49.1 Å². The summed E-state index contributed by atoms with van der Waals surface area (Å²) < 4.78 is 0. The van der Waals surface area contributed by atoms with Crippen molar-refractivity contribution < 1.29 is 24.3 Å². The van der Waals surface area contributed by atoms with Gasteiger partial charge in [0.05, 0.1) is 0 Å². The largest absolute Gasteiger partial charge is 0.481 e. The zero-order chi connectivity index (χ0) is 24.5. The van der Waals surface area contributed by atoms with Crippen molar-refractivity contribution in [3.05, 3.63) is 0 Å². The van der Waals surface area contributed by atoms with Gasteiger partial charge in [-0.25, -0.2) is 9.59 Å². The van der Waals surface area contributed by atoms with E-state index in [4.69, 9.17) is 5.11 Å². The Balaban J connectivity index is 1.36. The van der Waals surface area contributed by atoms with Crippen LogP contribution in [0.5, 0.6) is 0 Å². The molecule has 3 aliphatic rings. The Morgan fingerprint density at radius 2 is 1.53 bits per heavy atom. The van der Waals surface area contributed by atoms with Crippen LogP contribution in [0.25, 0.3) is 0 Å². The number of nitrogens with one attached hydrogen (secondary N) is 4. The van der Waals surface area contributed by atoms with Gasteiger partial charge in [0.15, 0.2) is 0 Å². The molecule has 1 aliphatic heterocycles. The second-order valence-corrected chi connectivity index (χ2v) is 10.1. The Kier molecular flexibility index (Phi) is 9.83. The topological polar surface area (TPSA) is 140 Å². The van der Waals surface area contributed by atoms with Crippen molar-refractivity contribution in [3.63, 3.8) is 0 Å². The number of aliphatic carboxylic acids is 1. The number of hydrogen-bond acceptors (Lipinski definition) is 4. The molecule has 0 aromatic carbocycles. The van der Waals surface area contributed by atoms with Gasteiger partial charge in [-0.15, -0.1) is 0 Å². The van der Waals surface area contributed by atoms with Gasteiger partial charge >= 0.3 is 18.0 Å². The fourth-order valence-electron chi connectivity index (χ4n) is 5.42. The number of carboxylic acid groups (broad SMARTS) is 1. The van der Waals surface area contributed by atoms with E-state index in [1.54, 1.807) is 4.90 Å². The molecule has 2 saturated carbocycles. The van der Waals surface area contributed by atoms with Gasteiger partial charge in [0.1, 0.15) is 6.04 Å². The molecule has 2 aliphatic carbocycles. The van der Waals surface area contributed by atoms with Gasteiger partial charge < -0.3 is 31.3 Å². The summed E-state index contributed by atoms with van der Waals surface area (Å²) in [6.45, 7) is 3.00. The highest BCUT2D eigenvalue weighted by Crippen LogP contribution is 2.24. The number of likely N-dealkylation sites (tertiary alicyclic amines) is 1. The molecule has 0 aromatic rings. The van der Waals surface area contributed by atoms with Gasteiger partial charge in [-0.05, 0) is 63.7 Å². The van der Waals surface area contributed by atoms with Gasteiger partial charge in [0.25, 0.3) is 0 Å². The van der Waals surface area contributed by atoms with Crippen LogP contribution in [0.1, 0.15) is 84.0 Å². The van der Waals surface area contributed by atoms with Crippen LogP contribution in [0.3, 0.4) is 0 Å². The molecule has 192 valence electrons. The lowest BCUT2D eigenvalue weighted by molar-refractivity contribution is -0.137. The van der Waals surface area contributed by atoms with E-state index in [2.05, 4.69) is 28.2 Å². The van der Waals surface area contributed by atoms with Crippen LogP contribution in [0.2, 0.25) is 0 Å². The van der Waals surface area contributed by atoms with Crippen molar-refractivity contribution in [2.75, 3.05) is 13.1 Å². The Hall–Kier alpha value is -2.52. The molecular weight excluding hydrogens is 438 g/mol. The molecule has 0 radical (unpaired) electrons. The molecule has 0 aromatic heterocycles. The quantitative estimate of drug-likeness (QED) is 0.340. The predicted molar refractivity (Wildman–Crippen MR) is 127 cm³/mol. The Bertz CT molecular complexity index is 725. The third-order valence-corrected chi connectivity index (χ3v) is 7.50. The monoisotopic (exact) mass is 479 g/mol. The molecule has 1 heterocycles. The first-order valence-electron chi connectivity index (χ1n) is 13.0. The number of amides is 5. The first kappa shape index (κ1) is 26.1. The summed E-state index contributed by atoms with van der Waals surface area (Å²) in [7, 11) is 0. The fraction of sp³-hybridized carbons (Fsp3) is 0.833. The minimum absolute atomic E-state index is 0.00306. The summed E-state index contributed by atoms with van der Waals surface area (Å²) in [5.74, 6) is -0.497. The van der Waals surface area contributed by atoms with Crippen molar-refractivity contribution in [3.8, 4) is 0 Å². The summed E-state index contributed by atoms with van der Waals surface area (Å²) in [5.41, 5.74) is 0. The second-order valence-electron chi connectivity index (χ2n) is 10.1. The van der Waals surface area contributed by atoms with Crippen LogP contribution in [0.15, 0.2) is 0 Å². The summed E-state index contributed by atoms with van der Waals surface area (Å²) >= 11 is 0. The molecular formula is C24H41N5O5. The van der Waals surface area contributed by atoms with Crippen molar-refractivity contribution >= 4 is 23.9 Å². The first-order chi connectivity index (χ1) is 16.3. The second kappa shape index (κ2) is 12.8. The molecule has 2 unspecified atom stereocenters. The number of carboxylic acids is 1. The zero-order valence-electron chi connectivity index (χ0n) is 20.3. The van der Waals surface area contributed by atoms with Crippen LogP contribution in [0, 0.1) is 5.92 Å². The van der Waals surface area contributed by atoms with Gasteiger partial charge in [0.2, 0.25) is 5.91 Å². The zero-order valence-corrected chi connectivity index (χ0v) is 20.3. The van der Waals surface area contributed by atoms with Crippen molar-refractivity contribution in [2.24, 2.45) is 5.92 Å². The molecule has 10 nitrogen and oxygen atoms in total. The maximum Gasteiger partial charge on any atom is 0.318 e. The molecule has 3 atom stereocenters. The minimum atomic E-state index is -0.892. The van der Waals surface area contributed by atoms with Gasteiger partial charge in [-0.1, -0.05) is 19.8 Å². The van der Waals surface area contributed by atoms with Crippen LogP contribution < -0.4 is 21.3 Å². The van der Waals surface area contributed by atoms with E-state index in [0.717, 1.165) is 38.5 Å². The van der Waals surface area contributed by atoms with Crippen molar-refractivity contribution in [1.29, 1.82) is 0 Å². The molecule has 34 heavy (non-hydrogen) atoms. The van der Waals surface area contributed by atoms with Gasteiger partial charge in [-0.3, -0.25) is 9.59 Å². The third-order valence-electron chi connectivity index (χ3n) is 7.50. The van der Waals surface area contributed by atoms with Crippen LogP contribution in [-0.2, 0) is 9.59 Å². The van der Waals surface area contributed by atoms with E-state index in [1.165, 1.54) is 19.3 Å². The fourth-order valence-corrected chi connectivity index (χ4v) is 5.42. The highest BCUT2D eigenvalue weighted by atomic mass is 16.4. The maximum absolute atomic E-state index is 12.9. The lowest BCUT2D eigenvalue weighted by Gasteiger charge is -2.33. The standard InChI is InChI=1S/C24H41N5O5/c1-16-6-2-3-7-19(16)28-23(33)27-18-12-10-17(11-13-18)26-22(32)20-8-5-15-29(20)24(34)25-14-4-9-21(30)31/h16-20H,2-15H2,1H3,(H,25,34)(H,26,32)(H,30,31)(H2,27,28,33)/t16?,17?,18?,19?,20-/m0/s1. The number of urea groups is 2. The molecule has 1 saturated heterocycles. The molecule has 0 spiro atoms. The number of nitrogens with zero attached hydrogens (tertiary/aromatic N) is 1. The van der Waals surface area contributed by atoms with Crippen LogP contribution in [0.4, 0.5) is 9.59 Å². The van der Waals surface area contributed by atoms with Gasteiger partial charge in [-0.2, -0.15) is 0 Å². The Morgan fingerprint density at radius 1 is 0.853 bits per heavy atom. The number of carbonyl (C=O) groups is 4. The lowest BCUT2D eigenvalue weighted by atomic mass is 9.86. The molecule has 3 fully saturated rings. The molecule has 5 amide bonds. The normalized spacial score (nSPS) is 29.2. The third kappa shape index (κ3) is 7.77. The van der Waals surface area contributed by atoms with Crippen LogP contribution in [-0.4, -0.2) is 71.2 Å². The van der Waals surface area contributed by atoms with Crippen molar-refractivity contribution in [2.45, 2.75) is 108 Å². The molecule has 0 bridgehead atoms. The summed E-state index contributed by atoms with van der Waals surface area (Å²) in [6, 6.07) is -0.456. The van der Waals surface area contributed by atoms with Gasteiger partial charge in [0, 0.05) is 37.6 Å². The molecule has 10 heteroatoms. The SMILES string of the molecule is CC1CCCCC1NC(=O)NC1CCC(NC(=O)[C@@H]2CCCN2C(=O)NCCCC(=O)O)CC1. The number of hydrogen-bond donors (Lipinski definition) is 5. The summed E-state index contributed by atoms with van der Waals surface area (Å²) in [4.78, 5) is 49.9. The summed E-state index contributed by atoms with van der Waals surface area (Å²) in [6.07, 6.45) is 9.62. The highest BCUT2D eigenvalue weighted by molar-refractivity contribution is 5.87. The molecule has 5 N–H and O–H groups in total. The average Bonchev–Trinajstić information content (AvgIpc) is 3.30. The predicted octanol–water partition coefficient (Wildman–Crippen LogP) is 2.33. The number of carbonyl (C=O) groups excluding carboxylic acids is 3. The highest BCUT2D eigenvalue weighted by Gasteiger charge is 2.35. The smallest absolute Gasteiger partial charge is 0.318 e. The van der Waals surface area contributed by atoms with E-state index in [1.807, 2.05) is 0 Å². The maximum atomic E-state index is 12.9. The van der Waals surface area contributed by atoms with Crippen molar-refractivity contribution in [1.82, 2.24) is 26.2 Å². The Labute approximate surface area is 202 Å². The number of rotatable bonds is 8. The lowest BCUT2D eigenvalue weighted by Crippen LogP contribution is -2.53. The molecule has 3 rings (SSSR count). The van der Waals surface area contributed by atoms with E-state index < -0.39 is 12.0 Å². The first-order valence-corrected chi connectivity index (χ1v) is 13.0. The average molecular weight is 480 g/mol. The Morgan fingerprint density at radius 3 is 2.21 bits per heavy atom. The minimum Gasteiger partial charge on any atom is -0.481 e. The van der Waals surface area contributed by atoms with E-state index >= 15 is 0 Å². The van der Waals surface area contributed by atoms with E-state index in [0.29, 0.717) is 25.3 Å². The van der Waals surface area contributed by atoms with E-state index in [9.17, 15) is 19.2 Å².